The van der Waals surface area contributed by atoms with Gasteiger partial charge in [-0.3, -0.25) is 0 Å². The van der Waals surface area contributed by atoms with E-state index in [-0.39, 0.29) is 22.3 Å². The van der Waals surface area contributed by atoms with Crippen LogP contribution in [0, 0.1) is 50.2 Å². The van der Waals surface area contributed by atoms with Crippen molar-refractivity contribution in [3.05, 3.63) is 11.6 Å². The molecule has 5 aliphatic rings. The molecule has 0 aliphatic heterocycles. The Bertz CT molecular complexity index is 814. The van der Waals surface area contributed by atoms with Crippen molar-refractivity contribution >= 4 is 0 Å². The van der Waals surface area contributed by atoms with Crippen molar-refractivity contribution in [2.45, 2.75) is 119 Å². The molecule has 0 radical (unpaired) electrons. The lowest BCUT2D eigenvalue weighted by Gasteiger charge is -2.71. The van der Waals surface area contributed by atoms with Gasteiger partial charge in [0.1, 0.15) is 0 Å². The summed E-state index contributed by atoms with van der Waals surface area (Å²) in [6, 6.07) is 0. The minimum atomic E-state index is -0.149. The highest BCUT2D eigenvalue weighted by Gasteiger charge is 2.67. The van der Waals surface area contributed by atoms with Crippen molar-refractivity contribution in [3.8, 4) is 0 Å². The smallest absolute Gasteiger partial charge is 0.0594 e. The number of aliphatic hydroxyl groups is 2. The van der Waals surface area contributed by atoms with Gasteiger partial charge in [0.05, 0.1) is 6.10 Å². The highest BCUT2D eigenvalue weighted by molar-refractivity contribution is 5.33. The zero-order valence-corrected chi connectivity index (χ0v) is 22.1. The first-order valence-corrected chi connectivity index (χ1v) is 13.8. The molecular weight excluding hydrogens is 392 g/mol. The fraction of sp³-hybridized carbons (Fsp3) is 0.933. The van der Waals surface area contributed by atoms with Crippen molar-refractivity contribution in [2.75, 3.05) is 6.61 Å². The van der Waals surface area contributed by atoms with Gasteiger partial charge in [0.15, 0.2) is 0 Å². The minimum absolute atomic E-state index is 0.0245. The molecule has 2 unspecified atom stereocenters. The number of fused-ring (bicyclic) bond motifs is 7. The highest BCUT2D eigenvalue weighted by atomic mass is 16.3. The number of aliphatic hydroxyl groups excluding tert-OH is 2. The van der Waals surface area contributed by atoms with Crippen molar-refractivity contribution in [1.82, 2.24) is 0 Å². The van der Waals surface area contributed by atoms with E-state index in [1.54, 1.807) is 5.57 Å². The van der Waals surface area contributed by atoms with Crippen LogP contribution in [-0.4, -0.2) is 22.9 Å². The Morgan fingerprint density at radius 1 is 0.844 bits per heavy atom. The Hall–Kier alpha value is -0.340. The van der Waals surface area contributed by atoms with Gasteiger partial charge in [-0.2, -0.15) is 0 Å². The molecule has 0 amide bonds. The van der Waals surface area contributed by atoms with Crippen LogP contribution in [0.2, 0.25) is 0 Å². The van der Waals surface area contributed by atoms with E-state index < -0.39 is 0 Å². The van der Waals surface area contributed by atoms with Gasteiger partial charge in [0.2, 0.25) is 0 Å². The predicted molar refractivity (Wildman–Crippen MR) is 132 cm³/mol. The van der Waals surface area contributed by atoms with E-state index in [2.05, 4.69) is 54.5 Å². The van der Waals surface area contributed by atoms with Crippen molar-refractivity contribution in [3.63, 3.8) is 0 Å². The number of allylic oxidation sites excluding steroid dienone is 2. The van der Waals surface area contributed by atoms with Crippen LogP contribution in [0.4, 0.5) is 0 Å². The fourth-order valence-corrected chi connectivity index (χ4v) is 10.6. The Balaban J connectivity index is 1.56. The molecule has 0 aromatic carbocycles. The molecule has 0 aromatic heterocycles. The lowest BCUT2D eigenvalue weighted by atomic mass is 9.33. The Labute approximate surface area is 197 Å². The van der Waals surface area contributed by atoms with Gasteiger partial charge in [-0.1, -0.05) is 60.1 Å². The largest absolute Gasteiger partial charge is 0.396 e. The summed E-state index contributed by atoms with van der Waals surface area (Å²) < 4.78 is 0. The Morgan fingerprint density at radius 3 is 2.22 bits per heavy atom. The molecule has 0 bridgehead atoms. The standard InChI is InChI=1S/C30H50O2/c1-25(2)22-10-13-30(7)23(28(22,5)12-11-24(25)32)9-8-20-21-18-26(3,19-31)14-15-27(21,4)16-17-29(20,30)6/h8,21-24,31-32H,9-19H2,1-7H3/t21-,22?,23-,24+,26?,27-,28+,29-,30-/m1/s1. The summed E-state index contributed by atoms with van der Waals surface area (Å²) in [5.74, 6) is 1.98. The second kappa shape index (κ2) is 6.87. The molecule has 0 aromatic rings. The van der Waals surface area contributed by atoms with E-state index >= 15 is 0 Å². The second-order valence-corrected chi connectivity index (χ2v) is 15.0. The molecule has 182 valence electrons. The predicted octanol–water partition coefficient (Wildman–Crippen LogP) is 7.14. The average molecular weight is 443 g/mol. The quantitative estimate of drug-likeness (QED) is 0.424. The first-order valence-electron chi connectivity index (χ1n) is 13.8. The van der Waals surface area contributed by atoms with E-state index in [4.69, 9.17) is 0 Å². The van der Waals surface area contributed by atoms with Crippen LogP contribution < -0.4 is 0 Å². The molecule has 0 heterocycles. The molecule has 5 rings (SSSR count). The molecule has 32 heavy (non-hydrogen) atoms. The van der Waals surface area contributed by atoms with Crippen molar-refractivity contribution in [1.29, 1.82) is 0 Å². The monoisotopic (exact) mass is 442 g/mol. The molecule has 0 spiro atoms. The molecule has 4 saturated carbocycles. The summed E-state index contributed by atoms with van der Waals surface area (Å²) in [5.41, 5.74) is 3.26. The third-order valence-electron chi connectivity index (χ3n) is 13.3. The maximum absolute atomic E-state index is 10.9. The first kappa shape index (κ1) is 23.4. The van der Waals surface area contributed by atoms with Crippen LogP contribution in [0.3, 0.4) is 0 Å². The average Bonchev–Trinajstić information content (AvgIpc) is 2.73. The summed E-state index contributed by atoms with van der Waals surface area (Å²) in [4.78, 5) is 0. The summed E-state index contributed by atoms with van der Waals surface area (Å²) in [6.45, 7) is 17.8. The normalized spacial score (nSPS) is 56.8. The first-order chi connectivity index (χ1) is 14.8. The molecule has 2 N–H and O–H groups in total. The van der Waals surface area contributed by atoms with Gasteiger partial charge in [0.25, 0.3) is 0 Å². The van der Waals surface area contributed by atoms with Gasteiger partial charge in [0, 0.05) is 6.61 Å². The zero-order valence-electron chi connectivity index (χ0n) is 22.1. The lowest BCUT2D eigenvalue weighted by Crippen LogP contribution is -2.64. The maximum atomic E-state index is 10.9. The highest BCUT2D eigenvalue weighted by Crippen LogP contribution is 2.75. The number of rotatable bonds is 1. The summed E-state index contributed by atoms with van der Waals surface area (Å²) in [7, 11) is 0. The Morgan fingerprint density at radius 2 is 1.53 bits per heavy atom. The maximum Gasteiger partial charge on any atom is 0.0594 e. The van der Waals surface area contributed by atoms with E-state index in [0.717, 1.165) is 6.42 Å². The SMILES string of the molecule is CC1(CO)CC[C@]2(C)CC[C@]3(C)C(=CC[C@@H]4[C@@]5(C)CC[C@H](O)C(C)(C)C5CC[C@]43C)[C@H]2C1. The minimum Gasteiger partial charge on any atom is -0.396 e. The van der Waals surface area contributed by atoms with Crippen LogP contribution in [0.5, 0.6) is 0 Å². The third-order valence-corrected chi connectivity index (χ3v) is 13.3. The summed E-state index contributed by atoms with van der Waals surface area (Å²) in [6.07, 6.45) is 14.8. The van der Waals surface area contributed by atoms with Crippen LogP contribution in [0.1, 0.15) is 113 Å². The number of hydrogen-bond acceptors (Lipinski definition) is 2. The van der Waals surface area contributed by atoms with Gasteiger partial charge < -0.3 is 10.2 Å². The van der Waals surface area contributed by atoms with Crippen LogP contribution in [-0.2, 0) is 0 Å². The van der Waals surface area contributed by atoms with Gasteiger partial charge in [-0.15, -0.1) is 0 Å². The van der Waals surface area contributed by atoms with Gasteiger partial charge in [-0.25, -0.2) is 0 Å². The molecule has 5 aliphatic carbocycles. The van der Waals surface area contributed by atoms with Crippen LogP contribution in [0.25, 0.3) is 0 Å². The molecule has 2 heteroatoms. The van der Waals surface area contributed by atoms with E-state index in [1.165, 1.54) is 57.8 Å². The van der Waals surface area contributed by atoms with Gasteiger partial charge in [-0.05, 0) is 114 Å². The van der Waals surface area contributed by atoms with Crippen molar-refractivity contribution in [2.24, 2.45) is 50.2 Å². The summed E-state index contributed by atoms with van der Waals surface area (Å²) >= 11 is 0. The number of hydrogen-bond donors (Lipinski definition) is 2. The molecule has 2 nitrogen and oxygen atoms in total. The van der Waals surface area contributed by atoms with E-state index in [9.17, 15) is 10.2 Å². The summed E-state index contributed by atoms with van der Waals surface area (Å²) in [5, 5.41) is 21.1. The van der Waals surface area contributed by atoms with Crippen molar-refractivity contribution < 1.29 is 10.2 Å². The van der Waals surface area contributed by atoms with Crippen LogP contribution >= 0.6 is 0 Å². The van der Waals surface area contributed by atoms with Gasteiger partial charge >= 0.3 is 0 Å². The van der Waals surface area contributed by atoms with Crippen LogP contribution in [0.15, 0.2) is 11.6 Å². The topological polar surface area (TPSA) is 40.5 Å². The third kappa shape index (κ3) is 2.78. The molecular formula is C30H50O2. The second-order valence-electron chi connectivity index (χ2n) is 15.0. The lowest BCUT2D eigenvalue weighted by molar-refractivity contribution is -0.203. The molecule has 0 saturated heterocycles. The van der Waals surface area contributed by atoms with E-state index in [1.807, 2.05) is 0 Å². The molecule has 4 fully saturated rings. The zero-order chi connectivity index (χ0) is 23.4. The van der Waals surface area contributed by atoms with E-state index in [0.29, 0.717) is 40.6 Å². The molecule has 9 atom stereocenters. The Kier molecular flexibility index (Phi) is 5.02. The fourth-order valence-electron chi connectivity index (χ4n) is 10.6.